The second-order valence-electron chi connectivity index (χ2n) is 2.83. The molecule has 0 atom stereocenters. The Morgan fingerprint density at radius 1 is 1.29 bits per heavy atom. The van der Waals surface area contributed by atoms with Crippen LogP contribution in [0.4, 0.5) is 8.78 Å². The molecule has 2 aromatic heterocycles. The predicted molar refractivity (Wildman–Crippen MR) is 44.4 cm³/mol. The number of rotatable bonds is 1. The van der Waals surface area contributed by atoms with Gasteiger partial charge in [0.15, 0.2) is 5.82 Å². The third-order valence-corrected chi connectivity index (χ3v) is 1.78. The summed E-state index contributed by atoms with van der Waals surface area (Å²) in [5.41, 5.74) is 0.947. The average Bonchev–Trinajstić information content (AvgIpc) is 2.52. The van der Waals surface area contributed by atoms with Crippen LogP contribution in [0.1, 0.15) is 5.56 Å². The number of aryl methyl sites for hydroxylation is 1. The molecule has 3 nitrogen and oxygen atoms in total. The summed E-state index contributed by atoms with van der Waals surface area (Å²) in [4.78, 5) is 3.61. The van der Waals surface area contributed by atoms with Crippen molar-refractivity contribution in [2.75, 3.05) is 0 Å². The van der Waals surface area contributed by atoms with Gasteiger partial charge in [0, 0.05) is 11.6 Å². The van der Waals surface area contributed by atoms with Crippen molar-refractivity contribution < 1.29 is 13.3 Å². The highest BCUT2D eigenvalue weighted by Gasteiger charge is 2.13. The lowest BCUT2D eigenvalue weighted by Crippen LogP contribution is -1.92. The summed E-state index contributed by atoms with van der Waals surface area (Å²) in [6, 6.07) is 0.760. The van der Waals surface area contributed by atoms with Gasteiger partial charge in [0.2, 0.25) is 0 Å². The lowest BCUT2D eigenvalue weighted by atomic mass is 10.2. The minimum absolute atomic E-state index is 0.00218. The van der Waals surface area contributed by atoms with E-state index >= 15 is 0 Å². The highest BCUT2D eigenvalue weighted by molar-refractivity contribution is 5.57. The maximum absolute atomic E-state index is 13.2. The van der Waals surface area contributed by atoms with E-state index in [9.17, 15) is 8.78 Å². The van der Waals surface area contributed by atoms with Crippen LogP contribution in [0.15, 0.2) is 23.0 Å². The zero-order chi connectivity index (χ0) is 10.1. The molecule has 2 aromatic rings. The topological polar surface area (TPSA) is 38.9 Å². The summed E-state index contributed by atoms with van der Waals surface area (Å²) in [6.07, 6.45) is 2.31. The van der Waals surface area contributed by atoms with Crippen LogP contribution in [-0.4, -0.2) is 10.1 Å². The van der Waals surface area contributed by atoms with Gasteiger partial charge in [-0.1, -0.05) is 5.16 Å². The Balaban J connectivity index is 2.58. The quantitative estimate of drug-likeness (QED) is 0.702. The summed E-state index contributed by atoms with van der Waals surface area (Å²) in [7, 11) is 0. The molecule has 0 unspecified atom stereocenters. The Hall–Kier alpha value is -1.78. The number of nitrogens with zero attached hydrogens (tertiary/aromatic N) is 2. The minimum Gasteiger partial charge on any atom is -0.364 e. The van der Waals surface area contributed by atoms with Gasteiger partial charge in [0.1, 0.15) is 23.5 Å². The second-order valence-corrected chi connectivity index (χ2v) is 2.83. The van der Waals surface area contributed by atoms with Crippen molar-refractivity contribution >= 4 is 0 Å². The van der Waals surface area contributed by atoms with Crippen molar-refractivity contribution in [1.29, 1.82) is 0 Å². The van der Waals surface area contributed by atoms with Crippen LogP contribution in [0.5, 0.6) is 0 Å². The summed E-state index contributed by atoms with van der Waals surface area (Å²) in [6.45, 7) is 1.70. The number of aromatic nitrogens is 2. The van der Waals surface area contributed by atoms with Crippen molar-refractivity contribution in [3.63, 3.8) is 0 Å². The third-order valence-electron chi connectivity index (χ3n) is 1.78. The first-order valence-corrected chi connectivity index (χ1v) is 3.91. The second kappa shape index (κ2) is 3.17. The number of hydrogen-bond donors (Lipinski definition) is 0. The molecule has 0 saturated carbocycles. The zero-order valence-electron chi connectivity index (χ0n) is 7.29. The zero-order valence-corrected chi connectivity index (χ0v) is 7.29. The maximum atomic E-state index is 13.2. The first-order chi connectivity index (χ1) is 6.68. The monoisotopic (exact) mass is 196 g/mol. The van der Waals surface area contributed by atoms with E-state index in [4.69, 9.17) is 0 Å². The molecular weight excluding hydrogens is 190 g/mol. The molecule has 14 heavy (non-hydrogen) atoms. The van der Waals surface area contributed by atoms with Crippen LogP contribution in [0.3, 0.4) is 0 Å². The number of pyridine rings is 1. The SMILES string of the molecule is Cc1conc1-c1ncc(F)cc1F. The third kappa shape index (κ3) is 1.37. The molecule has 5 heteroatoms. The van der Waals surface area contributed by atoms with Gasteiger partial charge in [-0.05, 0) is 6.92 Å². The van der Waals surface area contributed by atoms with Gasteiger partial charge in [0.25, 0.3) is 0 Å². The fraction of sp³-hybridized carbons (Fsp3) is 0.111. The molecule has 0 aliphatic rings. The van der Waals surface area contributed by atoms with Crippen LogP contribution in [0.25, 0.3) is 11.4 Å². The largest absolute Gasteiger partial charge is 0.364 e. The minimum atomic E-state index is -0.748. The Morgan fingerprint density at radius 3 is 2.64 bits per heavy atom. The first-order valence-electron chi connectivity index (χ1n) is 3.91. The average molecular weight is 196 g/mol. The summed E-state index contributed by atoms with van der Waals surface area (Å²) in [5.74, 6) is -1.46. The summed E-state index contributed by atoms with van der Waals surface area (Å²) in [5, 5.41) is 3.58. The number of halogens is 2. The Labute approximate surface area is 78.4 Å². The molecule has 0 radical (unpaired) electrons. The van der Waals surface area contributed by atoms with Crippen LogP contribution >= 0.6 is 0 Å². The molecular formula is C9H6F2N2O. The predicted octanol–water partition coefficient (Wildman–Crippen LogP) is 2.32. The van der Waals surface area contributed by atoms with Crippen LogP contribution in [-0.2, 0) is 0 Å². The van der Waals surface area contributed by atoms with Gasteiger partial charge in [0.05, 0.1) is 6.20 Å². The van der Waals surface area contributed by atoms with E-state index in [1.807, 2.05) is 0 Å². The van der Waals surface area contributed by atoms with E-state index in [0.29, 0.717) is 11.3 Å². The Morgan fingerprint density at radius 2 is 2.07 bits per heavy atom. The molecule has 0 aliphatic heterocycles. The van der Waals surface area contributed by atoms with Crippen molar-refractivity contribution in [3.05, 3.63) is 35.7 Å². The molecule has 0 amide bonds. The molecule has 0 aromatic carbocycles. The van der Waals surface area contributed by atoms with Gasteiger partial charge >= 0.3 is 0 Å². The van der Waals surface area contributed by atoms with Crippen molar-refractivity contribution in [2.45, 2.75) is 6.92 Å². The molecule has 72 valence electrons. The molecule has 2 rings (SSSR count). The Bertz CT molecular complexity index is 468. The fourth-order valence-corrected chi connectivity index (χ4v) is 1.10. The van der Waals surface area contributed by atoms with E-state index in [1.165, 1.54) is 6.26 Å². The summed E-state index contributed by atoms with van der Waals surface area (Å²) < 4.78 is 30.4. The molecule has 0 fully saturated rings. The normalized spacial score (nSPS) is 10.5. The molecule has 0 bridgehead atoms. The van der Waals surface area contributed by atoms with Gasteiger partial charge in [-0.25, -0.2) is 13.8 Å². The standard InChI is InChI=1S/C9H6F2N2O/c1-5-4-14-13-8(5)9-7(11)2-6(10)3-12-9/h2-4H,1H3. The highest BCUT2D eigenvalue weighted by Crippen LogP contribution is 2.22. The van der Waals surface area contributed by atoms with E-state index in [2.05, 4.69) is 14.7 Å². The van der Waals surface area contributed by atoms with Gasteiger partial charge in [-0.15, -0.1) is 0 Å². The number of hydrogen-bond acceptors (Lipinski definition) is 3. The van der Waals surface area contributed by atoms with E-state index in [0.717, 1.165) is 12.3 Å². The van der Waals surface area contributed by atoms with Crippen LogP contribution in [0.2, 0.25) is 0 Å². The van der Waals surface area contributed by atoms with E-state index in [-0.39, 0.29) is 5.69 Å². The first kappa shape index (κ1) is 8.80. The molecule has 0 aliphatic carbocycles. The van der Waals surface area contributed by atoms with Gasteiger partial charge in [-0.3, -0.25) is 0 Å². The van der Waals surface area contributed by atoms with Crippen LogP contribution in [0, 0.1) is 18.6 Å². The van der Waals surface area contributed by atoms with Gasteiger partial charge < -0.3 is 4.52 Å². The molecule has 0 saturated heterocycles. The van der Waals surface area contributed by atoms with Crippen molar-refractivity contribution in [2.24, 2.45) is 0 Å². The molecule has 0 spiro atoms. The summed E-state index contributed by atoms with van der Waals surface area (Å²) >= 11 is 0. The van der Waals surface area contributed by atoms with Crippen molar-refractivity contribution in [3.8, 4) is 11.4 Å². The smallest absolute Gasteiger partial charge is 0.154 e. The van der Waals surface area contributed by atoms with Crippen molar-refractivity contribution in [1.82, 2.24) is 10.1 Å². The maximum Gasteiger partial charge on any atom is 0.154 e. The van der Waals surface area contributed by atoms with Crippen LogP contribution < -0.4 is 0 Å². The lowest BCUT2D eigenvalue weighted by molar-refractivity contribution is 0.421. The molecule has 2 heterocycles. The van der Waals surface area contributed by atoms with E-state index in [1.54, 1.807) is 6.92 Å². The Kier molecular flexibility index (Phi) is 1.99. The fourth-order valence-electron chi connectivity index (χ4n) is 1.10. The van der Waals surface area contributed by atoms with E-state index < -0.39 is 11.6 Å². The molecule has 0 N–H and O–H groups in total. The highest BCUT2D eigenvalue weighted by atomic mass is 19.1. The lowest BCUT2D eigenvalue weighted by Gasteiger charge is -1.98. The van der Waals surface area contributed by atoms with Gasteiger partial charge in [-0.2, -0.15) is 0 Å².